The topological polar surface area (TPSA) is 75.6 Å². The fourth-order valence-electron chi connectivity index (χ4n) is 1.85. The van der Waals surface area contributed by atoms with E-state index in [0.717, 1.165) is 0 Å². The lowest BCUT2D eigenvalue weighted by Gasteiger charge is -2.21. The second-order valence-electron chi connectivity index (χ2n) is 4.54. The predicted octanol–water partition coefficient (Wildman–Crippen LogP) is 0.637. The maximum absolute atomic E-state index is 11.8. The van der Waals surface area contributed by atoms with Crippen LogP contribution in [0.2, 0.25) is 0 Å². The van der Waals surface area contributed by atoms with Crippen LogP contribution < -0.4 is 5.32 Å². The summed E-state index contributed by atoms with van der Waals surface area (Å²) in [5.74, 6) is -1.55. The molecule has 0 saturated carbocycles. The molecule has 1 amide bonds. The minimum atomic E-state index is -0.991. The standard InChI is InChI=1S/C11H19NO4/c1-6(2)9(11(14)15)12-10(13)8-4-5-16-7(8)3/h6-9H,4-5H2,1-3H3,(H,12,13)(H,14,15)/t7?,8?,9-/m1/s1. The molecule has 1 heterocycles. The number of carbonyl (C=O) groups excluding carboxylic acids is 1. The van der Waals surface area contributed by atoms with Gasteiger partial charge in [0.2, 0.25) is 5.91 Å². The van der Waals surface area contributed by atoms with Crippen molar-refractivity contribution in [3.8, 4) is 0 Å². The highest BCUT2D eigenvalue weighted by atomic mass is 16.5. The van der Waals surface area contributed by atoms with Crippen LogP contribution in [0.5, 0.6) is 0 Å². The van der Waals surface area contributed by atoms with Crippen LogP contribution in [0.4, 0.5) is 0 Å². The van der Waals surface area contributed by atoms with Crippen molar-refractivity contribution >= 4 is 11.9 Å². The normalized spacial score (nSPS) is 26.8. The highest BCUT2D eigenvalue weighted by Crippen LogP contribution is 2.20. The van der Waals surface area contributed by atoms with Gasteiger partial charge in [0.05, 0.1) is 12.0 Å². The van der Waals surface area contributed by atoms with Crippen molar-refractivity contribution in [1.82, 2.24) is 5.32 Å². The number of aliphatic carboxylic acids is 1. The van der Waals surface area contributed by atoms with E-state index in [1.54, 1.807) is 13.8 Å². The maximum Gasteiger partial charge on any atom is 0.326 e. The van der Waals surface area contributed by atoms with E-state index >= 15 is 0 Å². The van der Waals surface area contributed by atoms with Gasteiger partial charge in [-0.25, -0.2) is 4.79 Å². The van der Waals surface area contributed by atoms with Crippen LogP contribution in [0.3, 0.4) is 0 Å². The van der Waals surface area contributed by atoms with Crippen molar-refractivity contribution in [2.24, 2.45) is 11.8 Å². The Labute approximate surface area is 95.2 Å². The number of nitrogens with one attached hydrogen (secondary N) is 1. The van der Waals surface area contributed by atoms with E-state index in [2.05, 4.69) is 5.32 Å². The number of carboxylic acid groups (broad SMARTS) is 1. The molecule has 0 aliphatic carbocycles. The molecule has 0 aromatic heterocycles. The Morgan fingerprint density at radius 3 is 2.44 bits per heavy atom. The van der Waals surface area contributed by atoms with Gasteiger partial charge in [0.1, 0.15) is 6.04 Å². The summed E-state index contributed by atoms with van der Waals surface area (Å²) in [4.78, 5) is 22.7. The number of carboxylic acids is 1. The number of carbonyl (C=O) groups is 2. The average molecular weight is 229 g/mol. The van der Waals surface area contributed by atoms with Crippen molar-refractivity contribution in [2.75, 3.05) is 6.61 Å². The zero-order valence-corrected chi connectivity index (χ0v) is 9.90. The highest BCUT2D eigenvalue weighted by Gasteiger charge is 2.33. The van der Waals surface area contributed by atoms with Gasteiger partial charge in [-0.2, -0.15) is 0 Å². The van der Waals surface area contributed by atoms with E-state index in [0.29, 0.717) is 13.0 Å². The first kappa shape index (κ1) is 13.0. The molecule has 2 N–H and O–H groups in total. The molecule has 2 unspecified atom stereocenters. The van der Waals surface area contributed by atoms with Gasteiger partial charge < -0.3 is 15.2 Å². The lowest BCUT2D eigenvalue weighted by molar-refractivity contribution is -0.144. The first-order valence-corrected chi connectivity index (χ1v) is 5.58. The van der Waals surface area contributed by atoms with Crippen LogP contribution in [0.1, 0.15) is 27.2 Å². The van der Waals surface area contributed by atoms with E-state index in [1.807, 2.05) is 6.92 Å². The molecule has 5 nitrogen and oxygen atoms in total. The van der Waals surface area contributed by atoms with Crippen molar-refractivity contribution < 1.29 is 19.4 Å². The first-order valence-electron chi connectivity index (χ1n) is 5.58. The lowest BCUT2D eigenvalue weighted by Crippen LogP contribution is -2.47. The molecule has 16 heavy (non-hydrogen) atoms. The smallest absolute Gasteiger partial charge is 0.326 e. The Balaban J connectivity index is 2.58. The van der Waals surface area contributed by atoms with Crippen LogP contribution >= 0.6 is 0 Å². The van der Waals surface area contributed by atoms with Crippen LogP contribution in [0.25, 0.3) is 0 Å². The molecule has 1 rings (SSSR count). The Kier molecular flexibility index (Phi) is 4.29. The molecule has 1 aliphatic heterocycles. The number of hydrogen-bond acceptors (Lipinski definition) is 3. The monoisotopic (exact) mass is 229 g/mol. The van der Waals surface area contributed by atoms with E-state index in [4.69, 9.17) is 9.84 Å². The van der Waals surface area contributed by atoms with Crippen molar-refractivity contribution in [1.29, 1.82) is 0 Å². The Bertz CT molecular complexity index is 277. The second kappa shape index (κ2) is 5.30. The number of hydrogen-bond donors (Lipinski definition) is 2. The van der Waals surface area contributed by atoms with Gasteiger partial charge in [0.15, 0.2) is 0 Å². The van der Waals surface area contributed by atoms with E-state index in [1.165, 1.54) is 0 Å². The summed E-state index contributed by atoms with van der Waals surface area (Å²) < 4.78 is 5.28. The van der Waals surface area contributed by atoms with Crippen molar-refractivity contribution in [3.63, 3.8) is 0 Å². The van der Waals surface area contributed by atoms with Crippen LogP contribution in [0, 0.1) is 11.8 Å². The molecule has 0 aromatic carbocycles. The largest absolute Gasteiger partial charge is 0.480 e. The lowest BCUT2D eigenvalue weighted by atomic mass is 9.99. The third-order valence-corrected chi connectivity index (χ3v) is 2.94. The van der Waals surface area contributed by atoms with Gasteiger partial charge in [-0.15, -0.1) is 0 Å². The van der Waals surface area contributed by atoms with Gasteiger partial charge >= 0.3 is 5.97 Å². The van der Waals surface area contributed by atoms with Gasteiger partial charge in [0.25, 0.3) is 0 Å². The van der Waals surface area contributed by atoms with Crippen LogP contribution in [-0.4, -0.2) is 35.7 Å². The molecule has 5 heteroatoms. The molecular formula is C11H19NO4. The molecule has 0 radical (unpaired) electrons. The predicted molar refractivity (Wildman–Crippen MR) is 57.9 cm³/mol. The molecule has 1 fully saturated rings. The minimum absolute atomic E-state index is 0.124. The van der Waals surface area contributed by atoms with Crippen LogP contribution in [0.15, 0.2) is 0 Å². The van der Waals surface area contributed by atoms with Gasteiger partial charge in [-0.05, 0) is 19.3 Å². The molecule has 0 spiro atoms. The SMILES string of the molecule is CC1OCCC1C(=O)N[C@@H](C(=O)O)C(C)C. The summed E-state index contributed by atoms with van der Waals surface area (Å²) in [6.45, 7) is 5.95. The third-order valence-electron chi connectivity index (χ3n) is 2.94. The van der Waals surface area contributed by atoms with E-state index in [9.17, 15) is 9.59 Å². The molecule has 3 atom stereocenters. The quantitative estimate of drug-likeness (QED) is 0.741. The first-order chi connectivity index (χ1) is 7.43. The molecule has 1 saturated heterocycles. The maximum atomic E-state index is 11.8. The minimum Gasteiger partial charge on any atom is -0.480 e. The van der Waals surface area contributed by atoms with E-state index in [-0.39, 0.29) is 23.8 Å². The second-order valence-corrected chi connectivity index (χ2v) is 4.54. The molecular weight excluding hydrogens is 210 g/mol. The fraction of sp³-hybridized carbons (Fsp3) is 0.818. The summed E-state index contributed by atoms with van der Waals surface area (Å²) >= 11 is 0. The summed E-state index contributed by atoms with van der Waals surface area (Å²) in [6, 6.07) is -0.819. The van der Waals surface area contributed by atoms with Gasteiger partial charge in [-0.3, -0.25) is 4.79 Å². The fourth-order valence-corrected chi connectivity index (χ4v) is 1.85. The van der Waals surface area contributed by atoms with Crippen molar-refractivity contribution in [2.45, 2.75) is 39.3 Å². The average Bonchev–Trinajstić information content (AvgIpc) is 2.59. The van der Waals surface area contributed by atoms with Gasteiger partial charge in [-0.1, -0.05) is 13.8 Å². The zero-order valence-electron chi connectivity index (χ0n) is 9.90. The zero-order chi connectivity index (χ0) is 12.3. The summed E-state index contributed by atoms with van der Waals surface area (Å²) in [6.07, 6.45) is 0.541. The summed E-state index contributed by atoms with van der Waals surface area (Å²) in [7, 11) is 0. The van der Waals surface area contributed by atoms with Gasteiger partial charge in [0, 0.05) is 6.61 Å². The summed E-state index contributed by atoms with van der Waals surface area (Å²) in [5, 5.41) is 11.5. The summed E-state index contributed by atoms with van der Waals surface area (Å²) in [5.41, 5.74) is 0. The third kappa shape index (κ3) is 2.95. The highest BCUT2D eigenvalue weighted by molar-refractivity contribution is 5.85. The van der Waals surface area contributed by atoms with Crippen LogP contribution in [-0.2, 0) is 14.3 Å². The molecule has 0 aromatic rings. The molecule has 1 aliphatic rings. The number of ether oxygens (including phenoxy) is 1. The van der Waals surface area contributed by atoms with Crippen molar-refractivity contribution in [3.05, 3.63) is 0 Å². The number of rotatable bonds is 4. The van der Waals surface area contributed by atoms with E-state index < -0.39 is 12.0 Å². The Morgan fingerprint density at radius 2 is 2.06 bits per heavy atom. The Hall–Kier alpha value is -1.10. The molecule has 92 valence electrons. The molecule has 0 bridgehead atoms. The number of amides is 1. The Morgan fingerprint density at radius 1 is 1.44 bits per heavy atom.